The van der Waals surface area contributed by atoms with Crippen molar-refractivity contribution in [1.82, 2.24) is 0 Å². The maximum Gasteiger partial charge on any atom is 0.0552 e. The second-order valence-electron chi connectivity index (χ2n) is 6.90. The summed E-state index contributed by atoms with van der Waals surface area (Å²) in [4.78, 5) is 9.87. The van der Waals surface area contributed by atoms with Crippen LogP contribution in [0.15, 0.2) is 9.98 Å². The van der Waals surface area contributed by atoms with Crippen LogP contribution >= 0.6 is 0 Å². The molecule has 0 aliphatic heterocycles. The van der Waals surface area contributed by atoms with E-state index in [1.807, 2.05) is 0 Å². The Hall–Kier alpha value is -0.660. The number of rotatable bonds is 9. The Morgan fingerprint density at radius 3 is 1.05 bits per heavy atom. The van der Waals surface area contributed by atoms with E-state index in [1.165, 1.54) is 11.4 Å². The Balaban J connectivity index is 4.74. The first-order valence-corrected chi connectivity index (χ1v) is 8.34. The molecule has 0 spiro atoms. The Labute approximate surface area is 127 Å². The fourth-order valence-corrected chi connectivity index (χ4v) is 2.40. The Bertz CT molecular complexity index is 289. The average Bonchev–Trinajstić information content (AvgIpc) is 2.40. The van der Waals surface area contributed by atoms with E-state index in [4.69, 9.17) is 9.98 Å². The maximum atomic E-state index is 4.94. The molecule has 0 atom stereocenters. The highest BCUT2D eigenvalue weighted by Gasteiger charge is 2.23. The van der Waals surface area contributed by atoms with E-state index >= 15 is 0 Å². The summed E-state index contributed by atoms with van der Waals surface area (Å²) in [6.07, 6.45) is 6.45. The summed E-state index contributed by atoms with van der Waals surface area (Å²) in [5.41, 5.74) is 2.73. The smallest absolute Gasteiger partial charge is 0.0552 e. The molecule has 0 saturated heterocycles. The fraction of sp³-hybridized carbons (Fsp3) is 0.889. The minimum atomic E-state index is 0.0345. The van der Waals surface area contributed by atoms with E-state index < -0.39 is 0 Å². The van der Waals surface area contributed by atoms with Crippen LogP contribution in [0, 0.1) is 0 Å². The number of hydrogen-bond donors (Lipinski definition) is 0. The summed E-state index contributed by atoms with van der Waals surface area (Å²) in [6.45, 7) is 17.8. The van der Waals surface area contributed by atoms with Gasteiger partial charge >= 0.3 is 0 Å². The van der Waals surface area contributed by atoms with Gasteiger partial charge in [0.25, 0.3) is 0 Å². The molecule has 0 N–H and O–H groups in total. The van der Waals surface area contributed by atoms with Gasteiger partial charge in [0.2, 0.25) is 0 Å². The molecule has 0 amide bonds. The fourth-order valence-electron chi connectivity index (χ4n) is 2.40. The summed E-state index contributed by atoms with van der Waals surface area (Å²) in [5, 5.41) is 0. The first-order valence-electron chi connectivity index (χ1n) is 8.34. The molecular weight excluding hydrogens is 244 g/mol. The Kier molecular flexibility index (Phi) is 8.30. The van der Waals surface area contributed by atoms with Crippen molar-refractivity contribution in [2.24, 2.45) is 9.98 Å². The third kappa shape index (κ3) is 7.81. The number of aliphatic imine (C=N–C) groups is 2. The topological polar surface area (TPSA) is 24.7 Å². The largest absolute Gasteiger partial charge is 0.288 e. The lowest BCUT2D eigenvalue weighted by Gasteiger charge is -2.28. The molecule has 0 aromatic heterocycles. The standard InChI is InChI=1S/C18H36N2/c1-9-15(10-2)19-17(5,6)13-14-18(7,8)20-16(11-3)12-4/h9-14H2,1-8H3. The summed E-state index contributed by atoms with van der Waals surface area (Å²) in [6, 6.07) is 0. The van der Waals surface area contributed by atoms with Crippen molar-refractivity contribution in [3.05, 3.63) is 0 Å². The third-order valence-corrected chi connectivity index (χ3v) is 3.90. The second-order valence-corrected chi connectivity index (χ2v) is 6.90. The van der Waals surface area contributed by atoms with Gasteiger partial charge in [-0.05, 0) is 66.2 Å². The molecule has 0 bridgehead atoms. The summed E-state index contributed by atoms with van der Waals surface area (Å²) in [7, 11) is 0. The quantitative estimate of drug-likeness (QED) is 0.474. The van der Waals surface area contributed by atoms with Crippen molar-refractivity contribution in [2.45, 2.75) is 105 Å². The normalized spacial score (nSPS) is 12.2. The minimum Gasteiger partial charge on any atom is -0.288 e. The van der Waals surface area contributed by atoms with Gasteiger partial charge in [0, 0.05) is 11.4 Å². The van der Waals surface area contributed by atoms with Crippen LogP contribution in [0.25, 0.3) is 0 Å². The lowest BCUT2D eigenvalue weighted by molar-refractivity contribution is 0.378. The molecule has 0 aliphatic rings. The highest BCUT2D eigenvalue weighted by Crippen LogP contribution is 2.26. The zero-order valence-electron chi connectivity index (χ0n) is 15.1. The van der Waals surface area contributed by atoms with Crippen LogP contribution in [-0.2, 0) is 0 Å². The minimum absolute atomic E-state index is 0.0345. The molecule has 0 unspecified atom stereocenters. The van der Waals surface area contributed by atoms with Gasteiger partial charge in [-0.3, -0.25) is 9.98 Å². The number of hydrogen-bond acceptors (Lipinski definition) is 2. The third-order valence-electron chi connectivity index (χ3n) is 3.90. The summed E-state index contributed by atoms with van der Waals surface area (Å²) in [5.74, 6) is 0. The van der Waals surface area contributed by atoms with Gasteiger partial charge in [-0.25, -0.2) is 0 Å². The van der Waals surface area contributed by atoms with Gasteiger partial charge in [-0.2, -0.15) is 0 Å². The molecule has 0 saturated carbocycles. The molecule has 0 aromatic carbocycles. The van der Waals surface area contributed by atoms with Crippen LogP contribution in [-0.4, -0.2) is 22.5 Å². The predicted octanol–water partition coefficient (Wildman–Crippen LogP) is 5.85. The van der Waals surface area contributed by atoms with E-state index in [9.17, 15) is 0 Å². The van der Waals surface area contributed by atoms with Crippen LogP contribution in [0.1, 0.15) is 93.9 Å². The van der Waals surface area contributed by atoms with Crippen molar-refractivity contribution in [2.75, 3.05) is 0 Å². The van der Waals surface area contributed by atoms with Crippen LogP contribution in [0.5, 0.6) is 0 Å². The van der Waals surface area contributed by atoms with Crippen molar-refractivity contribution in [1.29, 1.82) is 0 Å². The predicted molar refractivity (Wildman–Crippen MR) is 93.4 cm³/mol. The van der Waals surface area contributed by atoms with Crippen LogP contribution in [0.2, 0.25) is 0 Å². The SMILES string of the molecule is CCC(CC)=NC(C)(C)CCC(C)(C)N=C(CC)CC. The average molecular weight is 280 g/mol. The van der Waals surface area contributed by atoms with E-state index in [2.05, 4.69) is 55.4 Å². The number of nitrogens with zero attached hydrogens (tertiary/aromatic N) is 2. The zero-order chi connectivity index (χ0) is 15.8. The highest BCUT2D eigenvalue weighted by atomic mass is 14.9. The Morgan fingerprint density at radius 1 is 0.600 bits per heavy atom. The van der Waals surface area contributed by atoms with Gasteiger partial charge in [-0.15, -0.1) is 0 Å². The molecule has 2 nitrogen and oxygen atoms in total. The molecule has 0 rings (SSSR count). The zero-order valence-corrected chi connectivity index (χ0v) is 15.1. The second kappa shape index (κ2) is 8.59. The van der Waals surface area contributed by atoms with Gasteiger partial charge in [0.05, 0.1) is 11.1 Å². The molecule has 20 heavy (non-hydrogen) atoms. The van der Waals surface area contributed by atoms with Crippen LogP contribution < -0.4 is 0 Å². The van der Waals surface area contributed by atoms with E-state index in [0.717, 1.165) is 38.5 Å². The van der Waals surface area contributed by atoms with Gasteiger partial charge < -0.3 is 0 Å². The van der Waals surface area contributed by atoms with Gasteiger partial charge in [-0.1, -0.05) is 27.7 Å². The molecule has 118 valence electrons. The maximum absolute atomic E-state index is 4.94. The van der Waals surface area contributed by atoms with E-state index in [0.29, 0.717) is 0 Å². The molecule has 0 fully saturated rings. The molecule has 2 heteroatoms. The monoisotopic (exact) mass is 280 g/mol. The van der Waals surface area contributed by atoms with Crippen molar-refractivity contribution >= 4 is 11.4 Å². The molecular formula is C18H36N2. The molecule has 0 heterocycles. The van der Waals surface area contributed by atoms with Gasteiger partial charge in [0.15, 0.2) is 0 Å². The first-order chi connectivity index (χ1) is 9.19. The molecule has 0 aliphatic carbocycles. The lowest BCUT2D eigenvalue weighted by Crippen LogP contribution is -2.26. The van der Waals surface area contributed by atoms with Crippen molar-refractivity contribution in [3.8, 4) is 0 Å². The molecule has 0 radical (unpaired) electrons. The first kappa shape index (κ1) is 19.3. The highest BCUT2D eigenvalue weighted by molar-refractivity contribution is 5.84. The summed E-state index contributed by atoms with van der Waals surface area (Å²) < 4.78 is 0. The lowest BCUT2D eigenvalue weighted by atomic mass is 9.89. The Morgan fingerprint density at radius 2 is 0.850 bits per heavy atom. The van der Waals surface area contributed by atoms with Crippen LogP contribution in [0.4, 0.5) is 0 Å². The van der Waals surface area contributed by atoms with Crippen LogP contribution in [0.3, 0.4) is 0 Å². The summed E-state index contributed by atoms with van der Waals surface area (Å²) >= 11 is 0. The van der Waals surface area contributed by atoms with Crippen molar-refractivity contribution in [3.63, 3.8) is 0 Å². The van der Waals surface area contributed by atoms with E-state index in [-0.39, 0.29) is 11.1 Å². The van der Waals surface area contributed by atoms with Crippen molar-refractivity contribution < 1.29 is 0 Å². The van der Waals surface area contributed by atoms with Gasteiger partial charge in [0.1, 0.15) is 0 Å². The van der Waals surface area contributed by atoms with E-state index in [1.54, 1.807) is 0 Å². The molecule has 0 aromatic rings.